The summed E-state index contributed by atoms with van der Waals surface area (Å²) in [7, 11) is 1.68. The predicted octanol–water partition coefficient (Wildman–Crippen LogP) is 0.437. The zero-order chi connectivity index (χ0) is 21.3. The van der Waals surface area contributed by atoms with Gasteiger partial charge in [-0.2, -0.15) is 5.10 Å². The number of hydrazone groups is 1. The van der Waals surface area contributed by atoms with Crippen LogP contribution in [0, 0.1) is 0 Å². The zero-order valence-electron chi connectivity index (χ0n) is 16.1. The van der Waals surface area contributed by atoms with Crippen LogP contribution in [0.4, 0.5) is 4.79 Å². The van der Waals surface area contributed by atoms with Crippen LogP contribution in [0.15, 0.2) is 21.5 Å². The van der Waals surface area contributed by atoms with Gasteiger partial charge < -0.3 is 9.84 Å². The van der Waals surface area contributed by atoms with E-state index in [1.807, 2.05) is 0 Å². The molecule has 156 valence electrons. The molecule has 0 spiro atoms. The monoisotopic (exact) mass is 441 g/mol. The minimum atomic E-state index is -1.20. The molecule has 1 atom stereocenters. The molecule has 2 aliphatic rings. The summed E-state index contributed by atoms with van der Waals surface area (Å²) in [6.45, 7) is 5.11. The summed E-state index contributed by atoms with van der Waals surface area (Å²) < 4.78 is 6.55. The van der Waals surface area contributed by atoms with Crippen LogP contribution in [0.2, 0.25) is 0 Å². The molecule has 1 fully saturated rings. The van der Waals surface area contributed by atoms with Crippen LogP contribution in [0.3, 0.4) is 0 Å². The fourth-order valence-electron chi connectivity index (χ4n) is 2.55. The maximum Gasteiger partial charge on any atom is 0.428 e. The van der Waals surface area contributed by atoms with Gasteiger partial charge in [0.15, 0.2) is 5.71 Å². The number of β-lactam (4-membered cyclic amide) rings is 1. The average molecular weight is 441 g/mol. The number of ether oxygens (including phenoxy) is 1. The molecule has 29 heavy (non-hydrogen) atoms. The predicted molar refractivity (Wildman–Crippen MR) is 104 cm³/mol. The Morgan fingerprint density at radius 1 is 1.45 bits per heavy atom. The largest absolute Gasteiger partial charge is 0.477 e. The highest BCUT2D eigenvalue weighted by Crippen LogP contribution is 2.39. The Bertz CT molecular complexity index is 920. The maximum absolute atomic E-state index is 12.5. The average Bonchev–Trinajstić information content (AvgIpc) is 3.02. The van der Waals surface area contributed by atoms with Crippen molar-refractivity contribution >= 4 is 47.2 Å². The number of nitrogens with zero attached hydrogens (tertiary/aromatic N) is 6. The molecule has 0 radical (unpaired) electrons. The number of carboxylic acids is 1. The molecule has 3 heterocycles. The van der Waals surface area contributed by atoms with E-state index in [0.29, 0.717) is 22.2 Å². The standard InChI is InChI=1S/C15H19N7O5S2/c1-15(2,3)27-14(26)18-16-8-10(23)22-9(12(24)25)7(5-28-11(8)22)6-29-13-17-19-20-21(13)4/h11H,5-6H2,1-4H3,(H,18,26)(H,24,25)/b16-8+/t11-/m0/s1. The summed E-state index contributed by atoms with van der Waals surface area (Å²) >= 11 is 2.63. The third-order valence-electron chi connectivity index (χ3n) is 3.72. The van der Waals surface area contributed by atoms with Gasteiger partial charge in [0.2, 0.25) is 5.16 Å². The lowest BCUT2D eigenvalue weighted by molar-refractivity contribution is -0.139. The molecule has 0 unspecified atom stereocenters. The van der Waals surface area contributed by atoms with E-state index < -0.39 is 28.9 Å². The fraction of sp³-hybridized carbons (Fsp3) is 0.533. The van der Waals surface area contributed by atoms with Gasteiger partial charge >= 0.3 is 12.1 Å². The van der Waals surface area contributed by atoms with E-state index in [2.05, 4.69) is 26.1 Å². The van der Waals surface area contributed by atoms with Gasteiger partial charge in [-0.3, -0.25) is 9.69 Å². The summed E-state index contributed by atoms with van der Waals surface area (Å²) in [6, 6.07) is 0. The summed E-state index contributed by atoms with van der Waals surface area (Å²) in [5, 5.41) is 24.5. The smallest absolute Gasteiger partial charge is 0.428 e. The lowest BCUT2D eigenvalue weighted by atomic mass is 10.1. The van der Waals surface area contributed by atoms with Crippen molar-refractivity contribution in [1.29, 1.82) is 0 Å². The lowest BCUT2D eigenvalue weighted by Gasteiger charge is -2.44. The first-order valence-corrected chi connectivity index (χ1v) is 10.4. The van der Waals surface area contributed by atoms with Crippen LogP contribution >= 0.6 is 23.5 Å². The number of tetrazole rings is 1. The molecule has 0 bridgehead atoms. The number of hydrogen-bond acceptors (Lipinski definition) is 10. The Morgan fingerprint density at radius 2 is 2.17 bits per heavy atom. The first-order valence-electron chi connectivity index (χ1n) is 8.40. The molecule has 1 aromatic rings. The number of carbonyl (C=O) groups is 3. The Balaban J connectivity index is 1.72. The van der Waals surface area contributed by atoms with E-state index in [9.17, 15) is 19.5 Å². The third kappa shape index (κ3) is 4.53. The van der Waals surface area contributed by atoms with Crippen molar-refractivity contribution in [2.24, 2.45) is 12.1 Å². The van der Waals surface area contributed by atoms with Crippen molar-refractivity contribution < 1.29 is 24.2 Å². The molecule has 2 aliphatic heterocycles. The summed E-state index contributed by atoms with van der Waals surface area (Å²) in [4.78, 5) is 37.2. The fourth-order valence-corrected chi connectivity index (χ4v) is 4.80. The van der Waals surface area contributed by atoms with Crippen LogP contribution in [0.1, 0.15) is 20.8 Å². The minimum Gasteiger partial charge on any atom is -0.477 e. The van der Waals surface area contributed by atoms with Crippen molar-refractivity contribution in [3.8, 4) is 0 Å². The lowest BCUT2D eigenvalue weighted by Crippen LogP contribution is -2.63. The van der Waals surface area contributed by atoms with Crippen LogP contribution < -0.4 is 5.43 Å². The van der Waals surface area contributed by atoms with Gasteiger partial charge in [0, 0.05) is 18.6 Å². The van der Waals surface area contributed by atoms with Crippen molar-refractivity contribution in [3.63, 3.8) is 0 Å². The quantitative estimate of drug-likeness (QED) is 0.374. The highest BCUT2D eigenvalue weighted by atomic mass is 32.2. The Labute approximate surface area is 174 Å². The molecule has 0 aromatic carbocycles. The second-order valence-electron chi connectivity index (χ2n) is 7.08. The van der Waals surface area contributed by atoms with Crippen molar-refractivity contribution in [2.75, 3.05) is 11.5 Å². The number of aryl methyl sites for hydroxylation is 1. The Hall–Kier alpha value is -2.61. The number of amides is 2. The highest BCUT2D eigenvalue weighted by Gasteiger charge is 2.51. The molecule has 0 saturated carbocycles. The molecule has 12 nitrogen and oxygen atoms in total. The molecule has 2 N–H and O–H groups in total. The van der Waals surface area contributed by atoms with Gasteiger partial charge in [-0.05, 0) is 36.8 Å². The van der Waals surface area contributed by atoms with E-state index in [1.165, 1.54) is 33.1 Å². The van der Waals surface area contributed by atoms with Crippen molar-refractivity contribution in [2.45, 2.75) is 36.9 Å². The van der Waals surface area contributed by atoms with Gasteiger partial charge in [-0.25, -0.2) is 19.7 Å². The number of fused-ring (bicyclic) bond motifs is 1. The van der Waals surface area contributed by atoms with Crippen LogP contribution in [-0.4, -0.2) is 76.4 Å². The summed E-state index contributed by atoms with van der Waals surface area (Å²) in [5.41, 5.74) is 2.06. The van der Waals surface area contributed by atoms with Gasteiger partial charge in [0.1, 0.15) is 16.7 Å². The van der Waals surface area contributed by atoms with Crippen molar-refractivity contribution in [1.82, 2.24) is 30.5 Å². The van der Waals surface area contributed by atoms with E-state index in [0.717, 1.165) is 0 Å². The van der Waals surface area contributed by atoms with Crippen LogP contribution in [0.25, 0.3) is 0 Å². The number of carboxylic acid groups (broad SMARTS) is 1. The number of carbonyl (C=O) groups excluding carboxylic acids is 2. The number of thioether (sulfide) groups is 2. The van der Waals surface area contributed by atoms with Gasteiger partial charge in [-0.15, -0.1) is 16.9 Å². The van der Waals surface area contributed by atoms with E-state index in [1.54, 1.807) is 27.8 Å². The SMILES string of the molecule is Cn1nnnc1SCC1=C(C(=O)O)N2C(=O)/C(=N\NC(=O)OC(C)(C)C)[C@@H]2SC1. The molecule has 14 heteroatoms. The van der Waals surface area contributed by atoms with E-state index >= 15 is 0 Å². The van der Waals surface area contributed by atoms with Gasteiger partial charge in [0.05, 0.1) is 0 Å². The first-order chi connectivity index (χ1) is 13.6. The Kier molecular flexibility index (Phi) is 5.84. The van der Waals surface area contributed by atoms with Crippen LogP contribution in [-0.2, 0) is 21.4 Å². The van der Waals surface area contributed by atoms with E-state index in [4.69, 9.17) is 4.74 Å². The molecular formula is C15H19N7O5S2. The second-order valence-corrected chi connectivity index (χ2v) is 9.09. The summed E-state index contributed by atoms with van der Waals surface area (Å²) in [5.74, 6) is -1.06. The molecule has 0 aliphatic carbocycles. The number of hydrogen-bond donors (Lipinski definition) is 2. The van der Waals surface area contributed by atoms with Crippen LogP contribution in [0.5, 0.6) is 0 Å². The summed E-state index contributed by atoms with van der Waals surface area (Å²) in [6.07, 6.45) is -0.791. The van der Waals surface area contributed by atoms with Gasteiger partial charge in [0.25, 0.3) is 5.91 Å². The Morgan fingerprint density at radius 3 is 2.76 bits per heavy atom. The molecule has 2 amide bonds. The molecular weight excluding hydrogens is 422 g/mol. The third-order valence-corrected chi connectivity index (χ3v) is 6.09. The second kappa shape index (κ2) is 8.02. The zero-order valence-corrected chi connectivity index (χ0v) is 17.7. The topological polar surface area (TPSA) is 152 Å². The van der Waals surface area contributed by atoms with Crippen molar-refractivity contribution in [3.05, 3.63) is 11.3 Å². The minimum absolute atomic E-state index is 0.0717. The number of aromatic nitrogens is 4. The highest BCUT2D eigenvalue weighted by molar-refractivity contribution is 8.01. The number of aliphatic carboxylic acids is 1. The number of nitrogens with one attached hydrogen (secondary N) is 1. The van der Waals surface area contributed by atoms with E-state index in [-0.39, 0.29) is 11.4 Å². The number of rotatable bonds is 5. The molecule has 1 saturated heterocycles. The first kappa shape index (κ1) is 21.1. The molecule has 3 rings (SSSR count). The normalized spacial score (nSPS) is 20.4. The molecule has 1 aromatic heterocycles. The van der Waals surface area contributed by atoms with Gasteiger partial charge in [-0.1, -0.05) is 11.8 Å². The maximum atomic E-state index is 12.5.